The predicted octanol–water partition coefficient (Wildman–Crippen LogP) is 4.70. The van der Waals surface area contributed by atoms with Crippen molar-refractivity contribution >= 4 is 29.2 Å². The van der Waals surface area contributed by atoms with Gasteiger partial charge in [0.05, 0.1) is 22.6 Å². The van der Waals surface area contributed by atoms with E-state index in [1.807, 2.05) is 19.1 Å². The number of alkyl halides is 3. The minimum atomic E-state index is -4.40. The Labute approximate surface area is 213 Å². The molecule has 1 aliphatic carbocycles. The average molecular weight is 515 g/mol. The number of allylic oxidation sites excluding steroid dienone is 3. The van der Waals surface area contributed by atoms with Crippen LogP contribution in [0.5, 0.6) is 0 Å². The first-order chi connectivity index (χ1) is 17.7. The molecular formula is C26H31F3N7O+. The summed E-state index contributed by atoms with van der Waals surface area (Å²) in [6.07, 6.45) is 2.14. The molecular weight excluding hydrogens is 483 g/mol. The molecule has 0 aromatic carbocycles. The van der Waals surface area contributed by atoms with Gasteiger partial charge in [-0.05, 0) is 81.3 Å². The van der Waals surface area contributed by atoms with Crippen LogP contribution in [0, 0.1) is 12.8 Å². The summed E-state index contributed by atoms with van der Waals surface area (Å²) in [7, 11) is 2.15. The molecule has 0 atom stereocenters. The quantitative estimate of drug-likeness (QED) is 0.394. The molecule has 0 saturated carbocycles. The van der Waals surface area contributed by atoms with Gasteiger partial charge < -0.3 is 15.5 Å². The van der Waals surface area contributed by atoms with E-state index in [2.05, 4.69) is 37.5 Å². The molecule has 0 radical (unpaired) electrons. The maximum Gasteiger partial charge on any atom is 0.412 e. The summed E-state index contributed by atoms with van der Waals surface area (Å²) in [6, 6.07) is 3.82. The summed E-state index contributed by atoms with van der Waals surface area (Å²) in [4.78, 5) is 15.9. The van der Waals surface area contributed by atoms with Gasteiger partial charge in [-0.1, -0.05) is 0 Å². The number of aromatic nitrogens is 3. The first kappa shape index (κ1) is 25.2. The van der Waals surface area contributed by atoms with Crippen molar-refractivity contribution in [1.82, 2.24) is 19.9 Å². The van der Waals surface area contributed by atoms with E-state index in [1.165, 1.54) is 12.8 Å². The van der Waals surface area contributed by atoms with E-state index in [0.29, 0.717) is 34.4 Å². The molecule has 1 fully saturated rings. The number of pyridine rings is 1. The van der Waals surface area contributed by atoms with Crippen LogP contribution in [-0.4, -0.2) is 68.4 Å². The average Bonchev–Trinajstić information content (AvgIpc) is 2.99. The van der Waals surface area contributed by atoms with Crippen LogP contribution < -0.4 is 10.6 Å². The smallest absolute Gasteiger partial charge is 0.370 e. The predicted molar refractivity (Wildman–Crippen MR) is 135 cm³/mol. The molecule has 37 heavy (non-hydrogen) atoms. The van der Waals surface area contributed by atoms with Crippen molar-refractivity contribution < 1.29 is 23.1 Å². The lowest BCUT2D eigenvalue weighted by Crippen LogP contribution is -2.33. The van der Waals surface area contributed by atoms with Crippen LogP contribution in [0.25, 0.3) is 6.08 Å². The number of nitrogens with zero attached hydrogens (tertiary/aromatic N) is 5. The zero-order valence-corrected chi connectivity index (χ0v) is 20.9. The van der Waals surface area contributed by atoms with Crippen LogP contribution in [0.3, 0.4) is 0 Å². The number of likely N-dealkylation sites (tertiary alicyclic amines) is 1. The summed E-state index contributed by atoms with van der Waals surface area (Å²) in [5.41, 5.74) is 2.73. The summed E-state index contributed by atoms with van der Waals surface area (Å²) in [5.74, 6) is 1.75. The second-order valence-electron chi connectivity index (χ2n) is 9.96. The third-order valence-corrected chi connectivity index (χ3v) is 7.22. The highest BCUT2D eigenvalue weighted by molar-refractivity contribution is 6.04. The molecule has 0 spiro atoms. The molecule has 0 amide bonds. The molecule has 0 bridgehead atoms. The van der Waals surface area contributed by atoms with Crippen LogP contribution in [-0.2, 0) is 6.54 Å². The van der Waals surface area contributed by atoms with E-state index in [1.54, 1.807) is 12.3 Å². The number of halogens is 3. The van der Waals surface area contributed by atoms with Gasteiger partial charge in [0, 0.05) is 30.3 Å². The van der Waals surface area contributed by atoms with E-state index in [-0.39, 0.29) is 19.4 Å². The lowest BCUT2D eigenvalue weighted by molar-refractivity contribution is -0.787. The topological polar surface area (TPSA) is 89.2 Å². The fourth-order valence-corrected chi connectivity index (χ4v) is 4.93. The van der Waals surface area contributed by atoms with Gasteiger partial charge in [0.15, 0.2) is 0 Å². The molecule has 8 nitrogen and oxygen atoms in total. The zero-order valence-electron chi connectivity index (χ0n) is 20.9. The highest BCUT2D eigenvalue weighted by atomic mass is 19.4. The molecule has 5 rings (SSSR count). The first-order valence-electron chi connectivity index (χ1n) is 12.5. The Balaban J connectivity index is 1.32. The lowest BCUT2D eigenvalue weighted by Gasteiger charge is -2.29. The molecule has 196 valence electrons. The van der Waals surface area contributed by atoms with Crippen LogP contribution in [0.2, 0.25) is 0 Å². The number of fused-ring (bicyclic) bond motifs is 2. The Morgan fingerprint density at radius 1 is 1.14 bits per heavy atom. The number of hydrogen-bond acceptors (Lipinski definition) is 7. The maximum absolute atomic E-state index is 13.3. The number of piperidine rings is 1. The minimum Gasteiger partial charge on any atom is -0.370 e. The first-order valence-corrected chi connectivity index (χ1v) is 12.5. The Morgan fingerprint density at radius 3 is 2.65 bits per heavy atom. The third kappa shape index (κ3) is 5.76. The summed E-state index contributed by atoms with van der Waals surface area (Å²) < 4.78 is 40.9. The van der Waals surface area contributed by atoms with E-state index < -0.39 is 11.7 Å². The van der Waals surface area contributed by atoms with Crippen LogP contribution in [0.4, 0.5) is 30.6 Å². The number of nitrogens with one attached hydrogen (secondary N) is 2. The minimum absolute atomic E-state index is 0.0956. The lowest BCUT2D eigenvalue weighted by atomic mass is 9.92. The van der Waals surface area contributed by atoms with Crippen LogP contribution >= 0.6 is 0 Å². The number of hydroxylamine groups is 1. The Kier molecular flexibility index (Phi) is 6.89. The SMILES string of the molecule is Cc1nc(NCC2CCN(C)CC2)ccc1Nc1ncc2c(n1)C=C1C=C(C(F)(F)F)CCC1=[N+](O)C2. The van der Waals surface area contributed by atoms with Crippen molar-refractivity contribution in [2.45, 2.75) is 45.3 Å². The van der Waals surface area contributed by atoms with Gasteiger partial charge in [0.2, 0.25) is 18.2 Å². The van der Waals surface area contributed by atoms with E-state index in [4.69, 9.17) is 0 Å². The van der Waals surface area contributed by atoms with Gasteiger partial charge in [-0.2, -0.15) is 13.2 Å². The van der Waals surface area contributed by atoms with Gasteiger partial charge in [0.25, 0.3) is 0 Å². The normalized spacial score (nSPS) is 18.9. The van der Waals surface area contributed by atoms with Crippen LogP contribution in [0.15, 0.2) is 35.6 Å². The van der Waals surface area contributed by atoms with Crippen molar-refractivity contribution in [2.75, 3.05) is 37.3 Å². The maximum atomic E-state index is 13.3. The molecule has 11 heteroatoms. The molecule has 2 aromatic heterocycles. The van der Waals surface area contributed by atoms with Gasteiger partial charge in [-0.25, -0.2) is 15.0 Å². The number of aryl methyl sites for hydroxylation is 1. The van der Waals surface area contributed by atoms with Crippen molar-refractivity contribution in [3.05, 3.63) is 52.5 Å². The van der Waals surface area contributed by atoms with Gasteiger partial charge in [0.1, 0.15) is 5.82 Å². The number of hydrogen-bond donors (Lipinski definition) is 3. The number of rotatable bonds is 5. The molecule has 4 heterocycles. The molecule has 3 aliphatic rings. The second kappa shape index (κ2) is 10.1. The van der Waals surface area contributed by atoms with Crippen molar-refractivity contribution in [3.8, 4) is 0 Å². The molecule has 2 aromatic rings. The van der Waals surface area contributed by atoms with Gasteiger partial charge in [-0.3, -0.25) is 5.21 Å². The number of anilines is 3. The molecule has 0 unspecified atom stereocenters. The van der Waals surface area contributed by atoms with E-state index >= 15 is 0 Å². The largest absolute Gasteiger partial charge is 0.412 e. The van der Waals surface area contributed by atoms with Crippen molar-refractivity contribution in [1.29, 1.82) is 0 Å². The Morgan fingerprint density at radius 2 is 1.92 bits per heavy atom. The van der Waals surface area contributed by atoms with Crippen molar-refractivity contribution in [2.24, 2.45) is 5.92 Å². The fraction of sp³-hybridized carbons (Fsp3) is 0.462. The standard InChI is InChI=1S/C26H30F3N7O/c1-16-21(4-6-24(32-16)30-13-17-7-9-35(2)10-8-17)33-25-31-14-19-15-36(37)23-5-3-20(26(27,28)29)11-18(23)12-22(19)34-25/h4,6,11-12,14,17,37H,3,5,7-10,13,15H2,1-2H3,(H,31,34)/p+1. The summed E-state index contributed by atoms with van der Waals surface area (Å²) >= 11 is 0. The van der Waals surface area contributed by atoms with Crippen molar-refractivity contribution in [3.63, 3.8) is 0 Å². The molecule has 1 saturated heterocycles. The molecule has 2 aliphatic heterocycles. The van der Waals surface area contributed by atoms with Gasteiger partial charge >= 0.3 is 6.18 Å². The second-order valence-corrected chi connectivity index (χ2v) is 9.96. The molecule has 3 N–H and O–H groups in total. The third-order valence-electron chi connectivity index (χ3n) is 7.22. The van der Waals surface area contributed by atoms with E-state index in [0.717, 1.165) is 47.6 Å². The summed E-state index contributed by atoms with van der Waals surface area (Å²) in [6.45, 7) is 5.12. The Hall–Kier alpha value is -3.47. The van der Waals surface area contributed by atoms with E-state index in [9.17, 15) is 18.4 Å². The fourth-order valence-electron chi connectivity index (χ4n) is 4.93. The summed E-state index contributed by atoms with van der Waals surface area (Å²) in [5, 5.41) is 17.1. The zero-order chi connectivity index (χ0) is 26.2. The van der Waals surface area contributed by atoms with Crippen LogP contribution in [0.1, 0.15) is 42.6 Å². The monoisotopic (exact) mass is 514 g/mol. The highest BCUT2D eigenvalue weighted by Gasteiger charge is 2.39. The highest BCUT2D eigenvalue weighted by Crippen LogP contribution is 2.35. The Bertz CT molecular complexity index is 1280. The van der Waals surface area contributed by atoms with Gasteiger partial charge in [-0.15, -0.1) is 0 Å².